The Hall–Kier alpha value is -1.70. The lowest BCUT2D eigenvalue weighted by Crippen LogP contribution is -2.40. The number of carbonyl (C=O) groups is 2. The number of nitrogens with one attached hydrogen (secondary N) is 3. The van der Waals surface area contributed by atoms with Gasteiger partial charge in [0.05, 0.1) is 6.54 Å². The van der Waals surface area contributed by atoms with Gasteiger partial charge < -0.3 is 5.73 Å². The smallest absolute Gasteiger partial charge is 0.277 e. The van der Waals surface area contributed by atoms with Crippen LogP contribution in [0.3, 0.4) is 0 Å². The van der Waals surface area contributed by atoms with Crippen molar-refractivity contribution in [1.29, 1.82) is 11.1 Å². The van der Waals surface area contributed by atoms with E-state index in [2.05, 4.69) is 10.2 Å². The fraction of sp³-hybridized carbons (Fsp3) is 0.500. The molecule has 0 aliphatic carbocycles. The van der Waals surface area contributed by atoms with Crippen molar-refractivity contribution in [3.63, 3.8) is 0 Å². The first kappa shape index (κ1) is 10.3. The molecule has 0 spiro atoms. The summed E-state index contributed by atoms with van der Waals surface area (Å²) < 4.78 is 0. The van der Waals surface area contributed by atoms with Crippen molar-refractivity contribution in [3.05, 3.63) is 0 Å². The van der Waals surface area contributed by atoms with E-state index in [1.54, 1.807) is 5.32 Å². The third-order valence-electron chi connectivity index (χ3n) is 0.927. The summed E-state index contributed by atoms with van der Waals surface area (Å²) in [6.07, 6.45) is -1.49. The molecule has 5 N–H and O–H groups in total. The van der Waals surface area contributed by atoms with Gasteiger partial charge in [-0.2, -0.15) is 10.2 Å². The molecule has 12 heavy (non-hydrogen) atoms. The zero-order valence-electron chi connectivity index (χ0n) is 6.07. The molecule has 0 aromatic rings. The molecular formula is C4H8N6O2. The number of hydrogen-bond acceptors (Lipinski definition) is 7. The van der Waals surface area contributed by atoms with Gasteiger partial charge in [0.2, 0.25) is 5.91 Å². The molecule has 0 saturated carbocycles. The second kappa shape index (κ2) is 5.02. The SMILES string of the molecule is N=NC(N=N)C(=O)NC(=O)CN. The minimum Gasteiger partial charge on any atom is -0.322 e. The van der Waals surface area contributed by atoms with Crippen LogP contribution < -0.4 is 11.1 Å². The van der Waals surface area contributed by atoms with Crippen LogP contribution in [0.5, 0.6) is 0 Å². The van der Waals surface area contributed by atoms with Crippen molar-refractivity contribution in [2.45, 2.75) is 6.17 Å². The molecule has 0 aliphatic heterocycles. The van der Waals surface area contributed by atoms with Crippen LogP contribution in [0.2, 0.25) is 0 Å². The third-order valence-corrected chi connectivity index (χ3v) is 0.927. The zero-order chi connectivity index (χ0) is 9.56. The summed E-state index contributed by atoms with van der Waals surface area (Å²) in [6.45, 7) is -0.339. The molecule has 0 saturated heterocycles. The number of nitrogens with two attached hydrogens (primary N) is 1. The van der Waals surface area contributed by atoms with Crippen LogP contribution in [-0.2, 0) is 9.59 Å². The molecule has 0 aromatic heterocycles. The fourth-order valence-corrected chi connectivity index (χ4v) is 0.399. The van der Waals surface area contributed by atoms with Crippen molar-refractivity contribution < 1.29 is 9.59 Å². The molecule has 8 nitrogen and oxygen atoms in total. The van der Waals surface area contributed by atoms with Gasteiger partial charge in [0.25, 0.3) is 12.1 Å². The van der Waals surface area contributed by atoms with Gasteiger partial charge in [0, 0.05) is 0 Å². The highest BCUT2D eigenvalue weighted by atomic mass is 16.2. The summed E-state index contributed by atoms with van der Waals surface area (Å²) in [7, 11) is 0. The van der Waals surface area contributed by atoms with Crippen molar-refractivity contribution in [2.24, 2.45) is 16.0 Å². The number of hydrogen-bond donors (Lipinski definition) is 4. The van der Waals surface area contributed by atoms with Crippen molar-refractivity contribution in [2.75, 3.05) is 6.54 Å². The highest BCUT2D eigenvalue weighted by molar-refractivity contribution is 5.98. The third kappa shape index (κ3) is 2.92. The Kier molecular flexibility index (Phi) is 4.31. The van der Waals surface area contributed by atoms with Crippen LogP contribution in [-0.4, -0.2) is 24.5 Å². The number of rotatable bonds is 4. The van der Waals surface area contributed by atoms with E-state index < -0.39 is 18.0 Å². The molecule has 0 rings (SSSR count). The number of imide groups is 1. The van der Waals surface area contributed by atoms with E-state index >= 15 is 0 Å². The number of nitrogens with zero attached hydrogens (tertiary/aromatic N) is 2. The van der Waals surface area contributed by atoms with E-state index in [0.29, 0.717) is 0 Å². The van der Waals surface area contributed by atoms with Gasteiger partial charge in [-0.15, -0.1) is 0 Å². The normalized spacial score (nSPS) is 11.4. The fourth-order valence-electron chi connectivity index (χ4n) is 0.399. The molecule has 66 valence electrons. The molecule has 0 unspecified atom stereocenters. The van der Waals surface area contributed by atoms with Crippen LogP contribution in [0.1, 0.15) is 0 Å². The highest BCUT2D eigenvalue weighted by Crippen LogP contribution is 1.90. The predicted octanol–water partition coefficient (Wildman–Crippen LogP) is -1.02. The van der Waals surface area contributed by atoms with Crippen LogP contribution in [0.25, 0.3) is 0 Å². The predicted molar refractivity (Wildman–Crippen MR) is 36.3 cm³/mol. The lowest BCUT2D eigenvalue weighted by Gasteiger charge is -2.02. The van der Waals surface area contributed by atoms with E-state index in [-0.39, 0.29) is 6.54 Å². The molecule has 0 fully saturated rings. The van der Waals surface area contributed by atoms with E-state index in [4.69, 9.17) is 16.8 Å². The number of amides is 2. The van der Waals surface area contributed by atoms with Gasteiger partial charge in [0.1, 0.15) is 0 Å². The molecule has 0 radical (unpaired) electrons. The average molecular weight is 172 g/mol. The first-order valence-corrected chi connectivity index (χ1v) is 2.92. The summed E-state index contributed by atoms with van der Waals surface area (Å²) in [4.78, 5) is 21.3. The molecule has 0 atom stereocenters. The summed E-state index contributed by atoms with van der Waals surface area (Å²) >= 11 is 0. The van der Waals surface area contributed by atoms with Crippen LogP contribution >= 0.6 is 0 Å². The molecule has 0 aromatic carbocycles. The molecular weight excluding hydrogens is 164 g/mol. The Labute approximate surface area is 67.5 Å². The molecule has 2 amide bonds. The first-order chi connectivity index (χ1) is 5.65. The minimum absolute atomic E-state index is 0.339. The summed E-state index contributed by atoms with van der Waals surface area (Å²) in [5, 5.41) is 7.17. The van der Waals surface area contributed by atoms with Gasteiger partial charge in [-0.05, 0) is 0 Å². The van der Waals surface area contributed by atoms with Gasteiger partial charge >= 0.3 is 0 Å². The number of carbonyl (C=O) groups excluding carboxylic acids is 2. The van der Waals surface area contributed by atoms with Crippen LogP contribution in [0, 0.1) is 11.1 Å². The summed E-state index contributed by atoms with van der Waals surface area (Å²) in [5.41, 5.74) is 17.7. The van der Waals surface area contributed by atoms with Crippen LogP contribution in [0.4, 0.5) is 0 Å². The Balaban J connectivity index is 4.10. The van der Waals surface area contributed by atoms with E-state index in [1.165, 1.54) is 0 Å². The lowest BCUT2D eigenvalue weighted by atomic mass is 10.4. The second-order valence-corrected chi connectivity index (χ2v) is 1.75. The van der Waals surface area contributed by atoms with Crippen molar-refractivity contribution >= 4 is 11.8 Å². The standard InChI is InChI=1S/C4H8N6O2/c5-1-2(11)8-4(12)3(9-6)10-7/h3,6-7H,1,5H2,(H,8,11,12). The largest absolute Gasteiger partial charge is 0.322 e. The molecule has 0 heterocycles. The van der Waals surface area contributed by atoms with Gasteiger partial charge in [-0.25, -0.2) is 11.1 Å². The second-order valence-electron chi connectivity index (χ2n) is 1.75. The van der Waals surface area contributed by atoms with Gasteiger partial charge in [0.15, 0.2) is 0 Å². The molecule has 8 heteroatoms. The maximum absolute atomic E-state index is 10.8. The van der Waals surface area contributed by atoms with Gasteiger partial charge in [-0.1, -0.05) is 0 Å². The van der Waals surface area contributed by atoms with E-state index in [1.807, 2.05) is 0 Å². The van der Waals surface area contributed by atoms with Gasteiger partial charge in [-0.3, -0.25) is 14.9 Å². The van der Waals surface area contributed by atoms with Crippen LogP contribution in [0.15, 0.2) is 10.2 Å². The van der Waals surface area contributed by atoms with Crippen molar-refractivity contribution in [1.82, 2.24) is 5.32 Å². The Bertz CT molecular complexity index is 206. The summed E-state index contributed by atoms with van der Waals surface area (Å²) in [5.74, 6) is -1.62. The van der Waals surface area contributed by atoms with Crippen molar-refractivity contribution in [3.8, 4) is 0 Å². The first-order valence-electron chi connectivity index (χ1n) is 2.92. The zero-order valence-corrected chi connectivity index (χ0v) is 6.07. The average Bonchev–Trinajstić information content (AvgIpc) is 2.06. The quantitative estimate of drug-likeness (QED) is 0.402. The monoisotopic (exact) mass is 172 g/mol. The molecule has 0 bridgehead atoms. The Morgan fingerprint density at radius 3 is 2.25 bits per heavy atom. The topological polar surface area (TPSA) is 145 Å². The maximum atomic E-state index is 10.8. The summed E-state index contributed by atoms with van der Waals surface area (Å²) in [6, 6.07) is 0. The van der Waals surface area contributed by atoms with E-state index in [0.717, 1.165) is 0 Å². The lowest BCUT2D eigenvalue weighted by molar-refractivity contribution is -0.130. The Morgan fingerprint density at radius 2 is 1.92 bits per heavy atom. The minimum atomic E-state index is -1.49. The van der Waals surface area contributed by atoms with E-state index in [9.17, 15) is 9.59 Å². The molecule has 0 aliphatic rings. The maximum Gasteiger partial charge on any atom is 0.277 e. The highest BCUT2D eigenvalue weighted by Gasteiger charge is 2.17. The Morgan fingerprint density at radius 1 is 1.42 bits per heavy atom.